The summed E-state index contributed by atoms with van der Waals surface area (Å²) in [5.41, 5.74) is 2.23. The van der Waals surface area contributed by atoms with Crippen molar-refractivity contribution in [3.8, 4) is 0 Å². The van der Waals surface area contributed by atoms with Gasteiger partial charge in [-0.3, -0.25) is 10.2 Å². The van der Waals surface area contributed by atoms with Crippen LogP contribution < -0.4 is 11.3 Å². The Balaban J connectivity index is 2.47. The van der Waals surface area contributed by atoms with E-state index in [0.717, 1.165) is 12.8 Å². The lowest BCUT2D eigenvalue weighted by atomic mass is 9.80. The van der Waals surface area contributed by atoms with E-state index < -0.39 is 0 Å². The fourth-order valence-electron chi connectivity index (χ4n) is 1.81. The summed E-state index contributed by atoms with van der Waals surface area (Å²) >= 11 is 0. The smallest absolute Gasteiger partial charge is 0.237 e. The Kier molecular flexibility index (Phi) is 2.88. The summed E-state index contributed by atoms with van der Waals surface area (Å²) in [6, 6.07) is 0. The highest BCUT2D eigenvalue weighted by Gasteiger charge is 2.26. The molecular formula is C8H16N2O. The van der Waals surface area contributed by atoms with Crippen LogP contribution in [0.15, 0.2) is 0 Å². The minimum absolute atomic E-state index is 0.0113. The average molecular weight is 156 g/mol. The standard InChI is InChI=1S/C8H16N2O/c1-6-4-2-3-5-7(6)8(11)10-9/h6-7H,2-5,9H2,1H3,(H,10,11). The molecule has 3 N–H and O–H groups in total. The van der Waals surface area contributed by atoms with Crippen molar-refractivity contribution in [2.75, 3.05) is 0 Å². The first-order valence-electron chi connectivity index (χ1n) is 4.26. The van der Waals surface area contributed by atoms with E-state index in [1.54, 1.807) is 0 Å². The molecule has 0 heterocycles. The van der Waals surface area contributed by atoms with Gasteiger partial charge >= 0.3 is 0 Å². The summed E-state index contributed by atoms with van der Waals surface area (Å²) in [4.78, 5) is 11.1. The number of nitrogens with one attached hydrogen (secondary N) is 1. The van der Waals surface area contributed by atoms with Crippen LogP contribution in [0.3, 0.4) is 0 Å². The SMILES string of the molecule is CC1CCCCC1C(=O)NN. The van der Waals surface area contributed by atoms with Crippen molar-refractivity contribution < 1.29 is 4.79 Å². The highest BCUT2D eigenvalue weighted by atomic mass is 16.2. The molecule has 3 heteroatoms. The normalized spacial score (nSPS) is 31.5. The summed E-state index contributed by atoms with van der Waals surface area (Å²) in [7, 11) is 0. The Labute approximate surface area is 67.3 Å². The van der Waals surface area contributed by atoms with Gasteiger partial charge in [-0.1, -0.05) is 19.8 Å². The van der Waals surface area contributed by atoms with Crippen molar-refractivity contribution in [1.82, 2.24) is 5.43 Å². The predicted molar refractivity (Wildman–Crippen MR) is 43.5 cm³/mol. The number of hydrazine groups is 1. The molecule has 3 nitrogen and oxygen atoms in total. The third-order valence-corrected chi connectivity index (χ3v) is 2.59. The lowest BCUT2D eigenvalue weighted by Gasteiger charge is -2.26. The first-order valence-corrected chi connectivity index (χ1v) is 4.26. The van der Waals surface area contributed by atoms with Crippen LogP contribution in [0.25, 0.3) is 0 Å². The lowest BCUT2D eigenvalue weighted by molar-refractivity contribution is -0.127. The van der Waals surface area contributed by atoms with Crippen LogP contribution in [0.2, 0.25) is 0 Å². The molecule has 2 atom stereocenters. The quantitative estimate of drug-likeness (QED) is 0.335. The van der Waals surface area contributed by atoms with E-state index in [1.807, 2.05) is 0 Å². The molecule has 1 fully saturated rings. The van der Waals surface area contributed by atoms with E-state index in [1.165, 1.54) is 12.8 Å². The maximum absolute atomic E-state index is 11.1. The second-order valence-electron chi connectivity index (χ2n) is 3.38. The number of amides is 1. The number of nitrogens with two attached hydrogens (primary N) is 1. The van der Waals surface area contributed by atoms with Gasteiger partial charge in [0.05, 0.1) is 0 Å². The summed E-state index contributed by atoms with van der Waals surface area (Å²) in [5.74, 6) is 5.74. The van der Waals surface area contributed by atoms with Crippen LogP contribution in [0.1, 0.15) is 32.6 Å². The number of carbonyl (C=O) groups excluding carboxylic acids is 1. The van der Waals surface area contributed by atoms with Gasteiger partial charge in [0.15, 0.2) is 0 Å². The molecule has 64 valence electrons. The minimum atomic E-state index is 0.0113. The van der Waals surface area contributed by atoms with Gasteiger partial charge in [-0.2, -0.15) is 0 Å². The van der Waals surface area contributed by atoms with E-state index >= 15 is 0 Å². The Hall–Kier alpha value is -0.570. The summed E-state index contributed by atoms with van der Waals surface area (Å²) in [5, 5.41) is 0. The number of carbonyl (C=O) groups is 1. The van der Waals surface area contributed by atoms with Crippen molar-refractivity contribution in [3.63, 3.8) is 0 Å². The molecule has 0 radical (unpaired) electrons. The molecule has 1 aliphatic carbocycles. The van der Waals surface area contributed by atoms with E-state index in [-0.39, 0.29) is 11.8 Å². The van der Waals surface area contributed by atoms with Crippen LogP contribution in [0.5, 0.6) is 0 Å². The largest absolute Gasteiger partial charge is 0.294 e. The minimum Gasteiger partial charge on any atom is -0.294 e. The van der Waals surface area contributed by atoms with Crippen LogP contribution in [-0.4, -0.2) is 5.91 Å². The van der Waals surface area contributed by atoms with Gasteiger partial charge in [0.2, 0.25) is 5.91 Å². The molecule has 0 aromatic carbocycles. The van der Waals surface area contributed by atoms with Crippen molar-refractivity contribution in [2.24, 2.45) is 17.7 Å². The molecule has 2 unspecified atom stereocenters. The highest BCUT2D eigenvalue weighted by Crippen LogP contribution is 2.29. The lowest BCUT2D eigenvalue weighted by Crippen LogP contribution is -2.39. The van der Waals surface area contributed by atoms with Crippen molar-refractivity contribution in [3.05, 3.63) is 0 Å². The monoisotopic (exact) mass is 156 g/mol. The maximum atomic E-state index is 11.1. The third-order valence-electron chi connectivity index (χ3n) is 2.59. The van der Waals surface area contributed by atoms with Gasteiger partial charge in [0.25, 0.3) is 0 Å². The van der Waals surface area contributed by atoms with Gasteiger partial charge in [-0.05, 0) is 18.8 Å². The Bertz CT molecular complexity index is 147. The van der Waals surface area contributed by atoms with Crippen LogP contribution in [0, 0.1) is 11.8 Å². The van der Waals surface area contributed by atoms with Gasteiger partial charge in [-0.25, -0.2) is 5.84 Å². The van der Waals surface area contributed by atoms with Crippen LogP contribution in [-0.2, 0) is 4.79 Å². The second kappa shape index (κ2) is 3.72. The van der Waals surface area contributed by atoms with Crippen LogP contribution >= 0.6 is 0 Å². The van der Waals surface area contributed by atoms with E-state index in [9.17, 15) is 4.79 Å². The van der Waals surface area contributed by atoms with Crippen LogP contribution in [0.4, 0.5) is 0 Å². The second-order valence-corrected chi connectivity index (χ2v) is 3.38. The summed E-state index contributed by atoms with van der Waals surface area (Å²) in [6.07, 6.45) is 4.60. The Morgan fingerprint density at radius 3 is 2.64 bits per heavy atom. The number of rotatable bonds is 1. The average Bonchev–Trinajstić information content (AvgIpc) is 2.04. The molecule has 11 heavy (non-hydrogen) atoms. The van der Waals surface area contributed by atoms with Gasteiger partial charge < -0.3 is 0 Å². The molecule has 1 rings (SSSR count). The molecule has 0 spiro atoms. The zero-order chi connectivity index (χ0) is 8.27. The maximum Gasteiger partial charge on any atom is 0.237 e. The molecule has 0 bridgehead atoms. The highest BCUT2D eigenvalue weighted by molar-refractivity contribution is 5.78. The zero-order valence-corrected chi connectivity index (χ0v) is 6.97. The molecule has 1 saturated carbocycles. The van der Waals surface area contributed by atoms with E-state index in [0.29, 0.717) is 5.92 Å². The summed E-state index contributed by atoms with van der Waals surface area (Å²) < 4.78 is 0. The topological polar surface area (TPSA) is 55.1 Å². The molecule has 0 saturated heterocycles. The van der Waals surface area contributed by atoms with E-state index in [2.05, 4.69) is 12.3 Å². The Morgan fingerprint density at radius 1 is 1.45 bits per heavy atom. The zero-order valence-electron chi connectivity index (χ0n) is 6.97. The first-order chi connectivity index (χ1) is 5.25. The van der Waals surface area contributed by atoms with Gasteiger partial charge in [0, 0.05) is 5.92 Å². The van der Waals surface area contributed by atoms with Crippen molar-refractivity contribution in [2.45, 2.75) is 32.6 Å². The molecule has 1 amide bonds. The third kappa shape index (κ3) is 1.93. The fourth-order valence-corrected chi connectivity index (χ4v) is 1.81. The molecule has 1 aliphatic rings. The predicted octanol–water partition coefficient (Wildman–Crippen LogP) is 0.803. The molecule has 0 aromatic heterocycles. The molecule has 0 aromatic rings. The number of hydrogen-bond donors (Lipinski definition) is 2. The number of hydrogen-bond acceptors (Lipinski definition) is 2. The molecular weight excluding hydrogens is 140 g/mol. The van der Waals surface area contributed by atoms with Gasteiger partial charge in [-0.15, -0.1) is 0 Å². The van der Waals surface area contributed by atoms with E-state index in [4.69, 9.17) is 5.84 Å². The van der Waals surface area contributed by atoms with Crippen molar-refractivity contribution in [1.29, 1.82) is 0 Å². The first kappa shape index (κ1) is 8.53. The molecule has 0 aliphatic heterocycles. The van der Waals surface area contributed by atoms with Gasteiger partial charge in [0.1, 0.15) is 0 Å². The Morgan fingerprint density at radius 2 is 2.09 bits per heavy atom. The summed E-state index contributed by atoms with van der Waals surface area (Å²) in [6.45, 7) is 2.12. The fraction of sp³-hybridized carbons (Fsp3) is 0.875. The van der Waals surface area contributed by atoms with Crippen molar-refractivity contribution >= 4 is 5.91 Å².